The fourth-order valence-electron chi connectivity index (χ4n) is 1.71. The normalized spacial score (nSPS) is 19.5. The van der Waals surface area contributed by atoms with Crippen LogP contribution in [-0.2, 0) is 9.53 Å². The Hall–Kier alpha value is -1.56. The minimum atomic E-state index is -0.489. The lowest BCUT2D eigenvalue weighted by molar-refractivity contribution is -0.117. The van der Waals surface area contributed by atoms with Crippen molar-refractivity contribution in [3.63, 3.8) is 0 Å². The van der Waals surface area contributed by atoms with Gasteiger partial charge in [0.1, 0.15) is 5.69 Å². The summed E-state index contributed by atoms with van der Waals surface area (Å²) in [6, 6.07) is 3.23. The maximum atomic E-state index is 11.6. The highest BCUT2D eigenvalue weighted by molar-refractivity contribution is 7.81. The van der Waals surface area contributed by atoms with Crippen LogP contribution in [0.3, 0.4) is 0 Å². The zero-order chi connectivity index (χ0) is 12.4. The Morgan fingerprint density at radius 1 is 1.59 bits per heavy atom. The summed E-state index contributed by atoms with van der Waals surface area (Å²) >= 11 is 4.27. The summed E-state index contributed by atoms with van der Waals surface area (Å²) in [5.41, 5.74) is 0.907. The molecule has 1 aliphatic rings. The van der Waals surface area contributed by atoms with Crippen molar-refractivity contribution in [3.05, 3.63) is 24.0 Å². The van der Waals surface area contributed by atoms with Gasteiger partial charge in [-0.1, -0.05) is 0 Å². The average molecular weight is 252 g/mol. The van der Waals surface area contributed by atoms with Crippen molar-refractivity contribution < 1.29 is 14.3 Å². The van der Waals surface area contributed by atoms with Crippen molar-refractivity contribution in [2.45, 2.75) is 11.7 Å². The van der Waals surface area contributed by atoms with Gasteiger partial charge in [0.25, 0.3) is 0 Å². The van der Waals surface area contributed by atoms with Gasteiger partial charge in [-0.25, -0.2) is 9.78 Å². The lowest BCUT2D eigenvalue weighted by Crippen LogP contribution is -2.24. The van der Waals surface area contributed by atoms with Gasteiger partial charge in [0.05, 0.1) is 19.0 Å². The molecule has 2 rings (SSSR count). The van der Waals surface area contributed by atoms with E-state index in [-0.39, 0.29) is 16.9 Å². The van der Waals surface area contributed by atoms with E-state index in [1.54, 1.807) is 17.0 Å². The molecule has 1 amide bonds. The summed E-state index contributed by atoms with van der Waals surface area (Å²) in [7, 11) is 1.30. The first-order chi connectivity index (χ1) is 8.11. The summed E-state index contributed by atoms with van der Waals surface area (Å²) in [5, 5.41) is 0.0581. The number of amides is 1. The SMILES string of the molecule is COC(=O)c1ccc(N2CC(S)CC2=O)cn1. The van der Waals surface area contributed by atoms with Crippen molar-refractivity contribution in [3.8, 4) is 0 Å². The molecule has 2 heterocycles. The second-order valence-corrected chi connectivity index (χ2v) is 4.49. The predicted octanol–water partition coefficient (Wildman–Crippen LogP) is 0.903. The number of aromatic nitrogens is 1. The predicted molar refractivity (Wildman–Crippen MR) is 65.3 cm³/mol. The van der Waals surface area contributed by atoms with Gasteiger partial charge in [0.2, 0.25) is 5.91 Å². The maximum absolute atomic E-state index is 11.6. The lowest BCUT2D eigenvalue weighted by atomic mass is 10.3. The number of anilines is 1. The topological polar surface area (TPSA) is 59.5 Å². The Balaban J connectivity index is 2.18. The van der Waals surface area contributed by atoms with Crippen molar-refractivity contribution in [1.82, 2.24) is 4.98 Å². The molecule has 17 heavy (non-hydrogen) atoms. The lowest BCUT2D eigenvalue weighted by Gasteiger charge is -2.15. The third-order valence-corrected chi connectivity index (χ3v) is 2.90. The van der Waals surface area contributed by atoms with Crippen LogP contribution in [-0.4, -0.2) is 35.8 Å². The van der Waals surface area contributed by atoms with Crippen molar-refractivity contribution in [2.24, 2.45) is 0 Å². The summed E-state index contributed by atoms with van der Waals surface area (Å²) in [5.74, 6) is -0.464. The number of ether oxygens (including phenoxy) is 1. The first-order valence-corrected chi connectivity index (χ1v) is 5.66. The van der Waals surface area contributed by atoms with E-state index in [9.17, 15) is 9.59 Å². The first-order valence-electron chi connectivity index (χ1n) is 5.14. The maximum Gasteiger partial charge on any atom is 0.356 e. The first kappa shape index (κ1) is 11.9. The van der Waals surface area contributed by atoms with E-state index < -0.39 is 5.97 Å². The van der Waals surface area contributed by atoms with Crippen LogP contribution in [0.4, 0.5) is 5.69 Å². The molecule has 0 aromatic carbocycles. The van der Waals surface area contributed by atoms with E-state index >= 15 is 0 Å². The Labute approximate surface area is 104 Å². The number of thiol groups is 1. The number of hydrogen-bond donors (Lipinski definition) is 1. The molecule has 1 unspecified atom stereocenters. The molecule has 1 saturated heterocycles. The fraction of sp³-hybridized carbons (Fsp3) is 0.364. The standard InChI is InChI=1S/C11H12N2O3S/c1-16-11(15)9-3-2-7(5-12-9)13-6-8(17)4-10(13)14/h2-3,5,8,17H,4,6H2,1H3. The highest BCUT2D eigenvalue weighted by Gasteiger charge is 2.28. The van der Waals surface area contributed by atoms with Crippen LogP contribution < -0.4 is 4.90 Å². The zero-order valence-corrected chi connectivity index (χ0v) is 10.2. The highest BCUT2D eigenvalue weighted by Crippen LogP contribution is 2.23. The summed E-state index contributed by atoms with van der Waals surface area (Å²) < 4.78 is 4.55. The molecule has 6 heteroatoms. The van der Waals surface area contributed by atoms with Crippen molar-refractivity contribution in [1.29, 1.82) is 0 Å². The number of esters is 1. The van der Waals surface area contributed by atoms with Gasteiger partial charge in [-0.15, -0.1) is 0 Å². The van der Waals surface area contributed by atoms with Crippen LogP contribution in [0.1, 0.15) is 16.9 Å². The third kappa shape index (κ3) is 2.41. The van der Waals surface area contributed by atoms with Gasteiger partial charge < -0.3 is 9.64 Å². The van der Waals surface area contributed by atoms with Crippen LogP contribution >= 0.6 is 12.6 Å². The molecule has 0 radical (unpaired) electrons. The molecular weight excluding hydrogens is 240 g/mol. The molecule has 1 aromatic rings. The molecule has 5 nitrogen and oxygen atoms in total. The fourth-order valence-corrected chi connectivity index (χ4v) is 2.03. The van der Waals surface area contributed by atoms with Crippen LogP contribution in [0.25, 0.3) is 0 Å². The van der Waals surface area contributed by atoms with E-state index in [0.29, 0.717) is 18.7 Å². The molecule has 0 N–H and O–H groups in total. The Kier molecular flexibility index (Phi) is 3.33. The second-order valence-electron chi connectivity index (χ2n) is 3.76. The molecule has 0 saturated carbocycles. The zero-order valence-electron chi connectivity index (χ0n) is 9.29. The van der Waals surface area contributed by atoms with Crippen molar-refractivity contribution >= 4 is 30.2 Å². The van der Waals surface area contributed by atoms with E-state index in [2.05, 4.69) is 22.3 Å². The Morgan fingerprint density at radius 2 is 2.35 bits per heavy atom. The number of rotatable bonds is 2. The largest absolute Gasteiger partial charge is 0.464 e. The van der Waals surface area contributed by atoms with Crippen LogP contribution in [0.15, 0.2) is 18.3 Å². The minimum Gasteiger partial charge on any atom is -0.464 e. The smallest absolute Gasteiger partial charge is 0.356 e. The van der Waals surface area contributed by atoms with E-state index in [4.69, 9.17) is 0 Å². The van der Waals surface area contributed by atoms with Gasteiger partial charge in [-0.05, 0) is 12.1 Å². The Morgan fingerprint density at radius 3 is 2.82 bits per heavy atom. The molecule has 1 atom stereocenters. The van der Waals surface area contributed by atoms with Crippen LogP contribution in [0.2, 0.25) is 0 Å². The number of carbonyl (C=O) groups excluding carboxylic acids is 2. The average Bonchev–Trinajstić information content (AvgIpc) is 2.68. The molecule has 1 aliphatic heterocycles. The van der Waals surface area contributed by atoms with E-state index in [0.717, 1.165) is 0 Å². The molecule has 0 spiro atoms. The molecule has 0 aliphatic carbocycles. The molecule has 1 fully saturated rings. The number of hydrogen-bond acceptors (Lipinski definition) is 5. The molecule has 0 bridgehead atoms. The molecular formula is C11H12N2O3S. The van der Waals surface area contributed by atoms with Gasteiger partial charge in [0.15, 0.2) is 0 Å². The van der Waals surface area contributed by atoms with Crippen molar-refractivity contribution in [2.75, 3.05) is 18.6 Å². The quantitative estimate of drug-likeness (QED) is 0.627. The highest BCUT2D eigenvalue weighted by atomic mass is 32.1. The minimum absolute atomic E-state index is 0.0256. The van der Waals surface area contributed by atoms with Crippen LogP contribution in [0.5, 0.6) is 0 Å². The number of nitrogens with zero attached hydrogens (tertiary/aromatic N) is 2. The monoisotopic (exact) mass is 252 g/mol. The summed E-state index contributed by atoms with van der Waals surface area (Å²) in [6.45, 7) is 0.571. The molecule has 90 valence electrons. The molecule has 1 aromatic heterocycles. The third-order valence-electron chi connectivity index (χ3n) is 2.56. The van der Waals surface area contributed by atoms with Gasteiger partial charge in [-0.3, -0.25) is 4.79 Å². The van der Waals surface area contributed by atoms with E-state index in [1.165, 1.54) is 13.3 Å². The summed E-state index contributed by atoms with van der Waals surface area (Å²) in [4.78, 5) is 28.4. The number of pyridine rings is 1. The second kappa shape index (κ2) is 4.75. The number of methoxy groups -OCH3 is 1. The van der Waals surface area contributed by atoms with Crippen LogP contribution in [0, 0.1) is 0 Å². The van der Waals surface area contributed by atoms with E-state index in [1.807, 2.05) is 0 Å². The number of carbonyl (C=O) groups is 2. The Bertz CT molecular complexity index is 447. The van der Waals surface area contributed by atoms with Gasteiger partial charge >= 0.3 is 5.97 Å². The summed E-state index contributed by atoms with van der Waals surface area (Å²) in [6.07, 6.45) is 1.93. The van der Waals surface area contributed by atoms with Gasteiger partial charge in [-0.2, -0.15) is 12.6 Å². The van der Waals surface area contributed by atoms with Gasteiger partial charge in [0, 0.05) is 18.2 Å².